The number of hydrogen-bond donors (Lipinski definition) is 1. The van der Waals surface area contributed by atoms with Crippen LogP contribution in [-0.2, 0) is 14.3 Å². The minimum absolute atomic E-state index is 0.153. The van der Waals surface area contributed by atoms with Crippen molar-refractivity contribution in [1.29, 1.82) is 0 Å². The minimum atomic E-state index is 0.153. The van der Waals surface area contributed by atoms with E-state index in [1.54, 1.807) is 7.11 Å². The molecule has 4 heteroatoms. The largest absolute Gasteiger partial charge is 0.382 e. The van der Waals surface area contributed by atoms with Gasteiger partial charge in [0.1, 0.15) is 0 Å². The molecule has 0 aliphatic carbocycles. The molecular formula is C23H47NO3. The van der Waals surface area contributed by atoms with Crippen LogP contribution in [-0.4, -0.2) is 39.4 Å². The molecule has 0 unspecified atom stereocenters. The van der Waals surface area contributed by atoms with Crippen LogP contribution in [0.4, 0.5) is 0 Å². The number of unbranched alkanes of at least 4 members (excludes halogenated alkanes) is 14. The number of nitrogens with one attached hydrogen (secondary N) is 1. The second kappa shape index (κ2) is 23.4. The van der Waals surface area contributed by atoms with E-state index in [-0.39, 0.29) is 5.91 Å². The van der Waals surface area contributed by atoms with Gasteiger partial charge >= 0.3 is 0 Å². The first-order valence-corrected chi connectivity index (χ1v) is 11.6. The maximum Gasteiger partial charge on any atom is 0.220 e. The van der Waals surface area contributed by atoms with Crippen molar-refractivity contribution in [2.75, 3.05) is 33.5 Å². The Morgan fingerprint density at radius 1 is 0.667 bits per heavy atom. The molecule has 0 aromatic rings. The van der Waals surface area contributed by atoms with Crippen LogP contribution in [0.5, 0.6) is 0 Å². The molecule has 0 aliphatic rings. The second-order valence-electron chi connectivity index (χ2n) is 7.65. The van der Waals surface area contributed by atoms with Crippen LogP contribution < -0.4 is 5.32 Å². The summed E-state index contributed by atoms with van der Waals surface area (Å²) in [5, 5.41) is 2.90. The SMILES string of the molecule is CCCCCCCCCCCCCCCCCC(=O)NCCOCCOC. The maximum absolute atomic E-state index is 11.7. The monoisotopic (exact) mass is 385 g/mol. The molecule has 0 saturated heterocycles. The Labute approximate surface area is 169 Å². The summed E-state index contributed by atoms with van der Waals surface area (Å²) >= 11 is 0. The van der Waals surface area contributed by atoms with Crippen molar-refractivity contribution >= 4 is 5.91 Å². The van der Waals surface area contributed by atoms with Gasteiger partial charge in [-0.25, -0.2) is 0 Å². The standard InChI is InChI=1S/C23H47NO3/c1-3-4-5-6-7-8-9-10-11-12-13-14-15-16-17-18-23(25)24-19-20-27-22-21-26-2/h3-22H2,1-2H3,(H,24,25). The van der Waals surface area contributed by atoms with Gasteiger partial charge in [0.25, 0.3) is 0 Å². The summed E-state index contributed by atoms with van der Waals surface area (Å²) in [6.07, 6.45) is 20.9. The lowest BCUT2D eigenvalue weighted by molar-refractivity contribution is -0.121. The summed E-state index contributed by atoms with van der Waals surface area (Å²) in [4.78, 5) is 11.7. The summed E-state index contributed by atoms with van der Waals surface area (Å²) in [6.45, 7) is 4.63. The second-order valence-corrected chi connectivity index (χ2v) is 7.65. The van der Waals surface area contributed by atoms with Gasteiger partial charge in [0.05, 0.1) is 19.8 Å². The first-order chi connectivity index (χ1) is 13.3. The molecule has 0 aliphatic heterocycles. The smallest absolute Gasteiger partial charge is 0.220 e. The third-order valence-corrected chi connectivity index (χ3v) is 5.01. The maximum atomic E-state index is 11.7. The van der Waals surface area contributed by atoms with Crippen LogP contribution in [0.15, 0.2) is 0 Å². The lowest BCUT2D eigenvalue weighted by Crippen LogP contribution is -2.27. The van der Waals surface area contributed by atoms with Crippen LogP contribution >= 0.6 is 0 Å². The van der Waals surface area contributed by atoms with Crippen molar-refractivity contribution in [1.82, 2.24) is 5.32 Å². The first-order valence-electron chi connectivity index (χ1n) is 11.6. The molecule has 0 aromatic carbocycles. The van der Waals surface area contributed by atoms with Crippen molar-refractivity contribution in [3.8, 4) is 0 Å². The third kappa shape index (κ3) is 23.4. The number of rotatable bonds is 22. The number of carbonyl (C=O) groups is 1. The Morgan fingerprint density at radius 2 is 1.15 bits per heavy atom. The molecule has 0 fully saturated rings. The van der Waals surface area contributed by atoms with E-state index in [4.69, 9.17) is 9.47 Å². The van der Waals surface area contributed by atoms with Gasteiger partial charge in [-0.3, -0.25) is 4.79 Å². The average Bonchev–Trinajstić information content (AvgIpc) is 2.67. The van der Waals surface area contributed by atoms with Crippen molar-refractivity contribution < 1.29 is 14.3 Å². The fourth-order valence-corrected chi connectivity index (χ4v) is 3.25. The number of carbonyl (C=O) groups excluding carboxylic acids is 1. The molecule has 0 atom stereocenters. The van der Waals surface area contributed by atoms with Gasteiger partial charge < -0.3 is 14.8 Å². The van der Waals surface area contributed by atoms with Gasteiger partial charge in [0.15, 0.2) is 0 Å². The zero-order chi connectivity index (χ0) is 19.8. The zero-order valence-electron chi connectivity index (χ0n) is 18.4. The van der Waals surface area contributed by atoms with Crippen LogP contribution in [0, 0.1) is 0 Å². The summed E-state index contributed by atoms with van der Waals surface area (Å²) in [5.41, 5.74) is 0. The van der Waals surface area contributed by atoms with Gasteiger partial charge in [-0.1, -0.05) is 96.8 Å². The molecule has 0 spiro atoms. The quantitative estimate of drug-likeness (QED) is 0.232. The van der Waals surface area contributed by atoms with E-state index in [9.17, 15) is 4.79 Å². The molecule has 4 nitrogen and oxygen atoms in total. The fourth-order valence-electron chi connectivity index (χ4n) is 3.25. The molecule has 1 amide bonds. The molecule has 1 N–H and O–H groups in total. The predicted octanol–water partition coefficient (Wildman–Crippen LogP) is 6.03. The Morgan fingerprint density at radius 3 is 1.63 bits per heavy atom. The minimum Gasteiger partial charge on any atom is -0.382 e. The Balaban J connectivity index is 3.10. The number of ether oxygens (including phenoxy) is 2. The molecule has 0 saturated carbocycles. The van der Waals surface area contributed by atoms with E-state index in [2.05, 4.69) is 12.2 Å². The first kappa shape index (κ1) is 26.4. The summed E-state index contributed by atoms with van der Waals surface area (Å²) in [5.74, 6) is 0.153. The van der Waals surface area contributed by atoms with E-state index >= 15 is 0 Å². The average molecular weight is 386 g/mol. The Bertz CT molecular complexity index is 297. The Hall–Kier alpha value is -0.610. The van der Waals surface area contributed by atoms with Gasteiger partial charge in [-0.05, 0) is 6.42 Å². The van der Waals surface area contributed by atoms with Gasteiger partial charge in [-0.2, -0.15) is 0 Å². The molecule has 27 heavy (non-hydrogen) atoms. The van der Waals surface area contributed by atoms with Crippen molar-refractivity contribution in [3.05, 3.63) is 0 Å². The molecule has 0 aromatic heterocycles. The van der Waals surface area contributed by atoms with Crippen LogP contribution in [0.2, 0.25) is 0 Å². The van der Waals surface area contributed by atoms with Crippen molar-refractivity contribution in [3.63, 3.8) is 0 Å². The zero-order valence-corrected chi connectivity index (χ0v) is 18.4. The van der Waals surface area contributed by atoms with Gasteiger partial charge in [0, 0.05) is 20.1 Å². The fraction of sp³-hybridized carbons (Fsp3) is 0.957. The highest BCUT2D eigenvalue weighted by molar-refractivity contribution is 5.75. The summed E-state index contributed by atoms with van der Waals surface area (Å²) < 4.78 is 10.2. The van der Waals surface area contributed by atoms with Gasteiger partial charge in [-0.15, -0.1) is 0 Å². The van der Waals surface area contributed by atoms with E-state index in [1.165, 1.54) is 89.9 Å². The van der Waals surface area contributed by atoms with E-state index < -0.39 is 0 Å². The van der Waals surface area contributed by atoms with E-state index in [0.29, 0.717) is 32.8 Å². The number of methoxy groups -OCH3 is 1. The van der Waals surface area contributed by atoms with Crippen LogP contribution in [0.25, 0.3) is 0 Å². The highest BCUT2D eigenvalue weighted by Crippen LogP contribution is 2.13. The number of hydrogen-bond acceptors (Lipinski definition) is 3. The van der Waals surface area contributed by atoms with Crippen LogP contribution in [0.1, 0.15) is 110 Å². The molecule has 0 bridgehead atoms. The molecule has 0 heterocycles. The van der Waals surface area contributed by atoms with E-state index in [0.717, 1.165) is 6.42 Å². The summed E-state index contributed by atoms with van der Waals surface area (Å²) in [7, 11) is 1.66. The van der Waals surface area contributed by atoms with Crippen molar-refractivity contribution in [2.45, 2.75) is 110 Å². The predicted molar refractivity (Wildman–Crippen MR) is 115 cm³/mol. The highest BCUT2D eigenvalue weighted by atomic mass is 16.5. The van der Waals surface area contributed by atoms with Crippen LogP contribution in [0.3, 0.4) is 0 Å². The van der Waals surface area contributed by atoms with Gasteiger partial charge in [0.2, 0.25) is 5.91 Å². The third-order valence-electron chi connectivity index (χ3n) is 5.01. The topological polar surface area (TPSA) is 47.6 Å². The summed E-state index contributed by atoms with van der Waals surface area (Å²) in [6, 6.07) is 0. The molecule has 0 radical (unpaired) electrons. The normalized spacial score (nSPS) is 11.0. The number of amides is 1. The van der Waals surface area contributed by atoms with E-state index in [1.807, 2.05) is 0 Å². The molecular weight excluding hydrogens is 338 g/mol. The lowest BCUT2D eigenvalue weighted by Gasteiger charge is -2.06. The van der Waals surface area contributed by atoms with Crippen molar-refractivity contribution in [2.24, 2.45) is 0 Å². The Kier molecular flexibility index (Phi) is 22.9. The lowest BCUT2D eigenvalue weighted by atomic mass is 10.0. The molecule has 0 rings (SSSR count). The highest BCUT2D eigenvalue weighted by Gasteiger charge is 2.00. The molecule has 162 valence electrons.